The van der Waals surface area contributed by atoms with Gasteiger partial charge in [0.2, 0.25) is 5.91 Å². The second kappa shape index (κ2) is 10.0. The molecular formula is C21H18BrN3O2S. The standard InChI is InChI=1S/C21H18BrN3O2S/c22-16-6-3-5-15(11-16)21-25-18(14-28-21)13-20(26)24-17-7-4-8-19(12-17)27-10-2-1-9-23/h3-8,11-12,14H,1-2,10,13H2,(H,24,26). The van der Waals surface area contributed by atoms with Crippen molar-refractivity contribution in [3.63, 3.8) is 0 Å². The number of anilines is 1. The molecule has 0 bridgehead atoms. The summed E-state index contributed by atoms with van der Waals surface area (Å²) in [5.41, 5.74) is 2.43. The van der Waals surface area contributed by atoms with Gasteiger partial charge in [0.05, 0.1) is 24.8 Å². The lowest BCUT2D eigenvalue weighted by molar-refractivity contribution is -0.115. The fourth-order valence-corrected chi connectivity index (χ4v) is 3.73. The van der Waals surface area contributed by atoms with Crippen molar-refractivity contribution in [3.8, 4) is 22.4 Å². The summed E-state index contributed by atoms with van der Waals surface area (Å²) in [5, 5.41) is 14.2. The van der Waals surface area contributed by atoms with Gasteiger partial charge >= 0.3 is 0 Å². The summed E-state index contributed by atoms with van der Waals surface area (Å²) in [4.78, 5) is 16.9. The van der Waals surface area contributed by atoms with Crippen molar-refractivity contribution in [2.24, 2.45) is 0 Å². The van der Waals surface area contributed by atoms with E-state index in [2.05, 4.69) is 32.3 Å². The van der Waals surface area contributed by atoms with Gasteiger partial charge in [0.1, 0.15) is 10.8 Å². The van der Waals surface area contributed by atoms with Gasteiger partial charge in [-0.05, 0) is 30.7 Å². The molecule has 0 radical (unpaired) electrons. The number of carbonyl (C=O) groups is 1. The van der Waals surface area contributed by atoms with Gasteiger partial charge in [0.25, 0.3) is 0 Å². The number of hydrogen-bond donors (Lipinski definition) is 1. The number of aromatic nitrogens is 1. The SMILES string of the molecule is N#CCCCOc1cccc(NC(=O)Cc2csc(-c3cccc(Br)c3)n2)c1. The van der Waals surface area contributed by atoms with Gasteiger partial charge in [0.15, 0.2) is 0 Å². The fourth-order valence-electron chi connectivity index (χ4n) is 2.52. The Balaban J connectivity index is 1.57. The van der Waals surface area contributed by atoms with Crippen LogP contribution in [0.25, 0.3) is 10.6 Å². The van der Waals surface area contributed by atoms with Crippen molar-refractivity contribution in [1.29, 1.82) is 5.26 Å². The van der Waals surface area contributed by atoms with Gasteiger partial charge < -0.3 is 10.1 Å². The Morgan fingerprint density at radius 2 is 2.11 bits per heavy atom. The predicted molar refractivity (Wildman–Crippen MR) is 114 cm³/mol. The van der Waals surface area contributed by atoms with Gasteiger partial charge in [-0.3, -0.25) is 4.79 Å². The maximum atomic E-state index is 12.4. The van der Waals surface area contributed by atoms with Crippen LogP contribution in [0, 0.1) is 11.3 Å². The molecule has 1 heterocycles. The molecular weight excluding hydrogens is 438 g/mol. The monoisotopic (exact) mass is 455 g/mol. The molecule has 0 aliphatic heterocycles. The Bertz CT molecular complexity index is 997. The number of ether oxygens (including phenoxy) is 1. The van der Waals surface area contributed by atoms with E-state index in [0.29, 0.717) is 30.9 Å². The lowest BCUT2D eigenvalue weighted by Crippen LogP contribution is -2.14. The van der Waals surface area contributed by atoms with Crippen LogP contribution in [0.1, 0.15) is 18.5 Å². The molecule has 3 aromatic rings. The summed E-state index contributed by atoms with van der Waals surface area (Å²) in [6.45, 7) is 0.474. The Morgan fingerprint density at radius 1 is 1.25 bits per heavy atom. The molecule has 1 N–H and O–H groups in total. The molecule has 0 unspecified atom stereocenters. The lowest BCUT2D eigenvalue weighted by atomic mass is 10.2. The number of unbranched alkanes of at least 4 members (excludes halogenated alkanes) is 1. The molecule has 142 valence electrons. The Morgan fingerprint density at radius 3 is 2.93 bits per heavy atom. The van der Waals surface area contributed by atoms with Crippen LogP contribution in [0.5, 0.6) is 5.75 Å². The van der Waals surface area contributed by atoms with E-state index in [4.69, 9.17) is 10.00 Å². The molecule has 0 aliphatic rings. The number of thiazole rings is 1. The van der Waals surface area contributed by atoms with E-state index in [9.17, 15) is 4.79 Å². The number of rotatable bonds is 8. The molecule has 0 fully saturated rings. The van der Waals surface area contributed by atoms with E-state index in [1.165, 1.54) is 11.3 Å². The topological polar surface area (TPSA) is 75.0 Å². The minimum atomic E-state index is -0.132. The highest BCUT2D eigenvalue weighted by Crippen LogP contribution is 2.26. The number of nitrogens with one attached hydrogen (secondary N) is 1. The number of carbonyl (C=O) groups excluding carboxylic acids is 1. The average Bonchev–Trinajstić information content (AvgIpc) is 3.14. The first-order valence-corrected chi connectivity index (χ1v) is 10.4. The van der Waals surface area contributed by atoms with Gasteiger partial charge in [-0.25, -0.2) is 4.98 Å². The smallest absolute Gasteiger partial charge is 0.230 e. The molecule has 5 nitrogen and oxygen atoms in total. The molecule has 0 aliphatic carbocycles. The van der Waals surface area contributed by atoms with Crippen LogP contribution in [0.2, 0.25) is 0 Å². The van der Waals surface area contributed by atoms with Crippen LogP contribution in [-0.4, -0.2) is 17.5 Å². The summed E-state index contributed by atoms with van der Waals surface area (Å²) in [6.07, 6.45) is 1.35. The van der Waals surface area contributed by atoms with E-state index >= 15 is 0 Å². The average molecular weight is 456 g/mol. The summed E-state index contributed by atoms with van der Waals surface area (Å²) in [6, 6.07) is 17.2. The van der Waals surface area contributed by atoms with Crippen molar-refractivity contribution in [3.05, 3.63) is 64.1 Å². The van der Waals surface area contributed by atoms with Gasteiger partial charge in [-0.2, -0.15) is 5.26 Å². The summed E-state index contributed by atoms with van der Waals surface area (Å²) in [5.74, 6) is 0.536. The number of amides is 1. The van der Waals surface area contributed by atoms with E-state index < -0.39 is 0 Å². The van der Waals surface area contributed by atoms with Gasteiger partial charge in [-0.15, -0.1) is 11.3 Å². The number of benzene rings is 2. The molecule has 0 saturated carbocycles. The summed E-state index contributed by atoms with van der Waals surface area (Å²) >= 11 is 4.98. The van der Waals surface area contributed by atoms with Crippen LogP contribution in [0.4, 0.5) is 5.69 Å². The van der Waals surface area contributed by atoms with Crippen molar-refractivity contribution in [2.45, 2.75) is 19.3 Å². The molecule has 0 spiro atoms. The van der Waals surface area contributed by atoms with Crippen molar-refractivity contribution in [1.82, 2.24) is 4.98 Å². The first-order chi connectivity index (χ1) is 13.6. The van der Waals surface area contributed by atoms with Crippen LogP contribution in [0.15, 0.2) is 58.4 Å². The quantitative estimate of drug-likeness (QED) is 0.459. The molecule has 0 atom stereocenters. The molecule has 7 heteroatoms. The van der Waals surface area contributed by atoms with E-state index in [-0.39, 0.29) is 12.3 Å². The largest absolute Gasteiger partial charge is 0.493 e. The Labute approximate surface area is 176 Å². The molecule has 3 rings (SSSR count). The van der Waals surface area contributed by atoms with Gasteiger partial charge in [0, 0.05) is 33.6 Å². The molecule has 28 heavy (non-hydrogen) atoms. The van der Waals surface area contributed by atoms with E-state index in [1.807, 2.05) is 47.8 Å². The Kier molecular flexibility index (Phi) is 7.18. The zero-order valence-electron chi connectivity index (χ0n) is 15.0. The minimum Gasteiger partial charge on any atom is -0.493 e. The molecule has 0 saturated heterocycles. The van der Waals surface area contributed by atoms with E-state index in [1.54, 1.807) is 6.07 Å². The third-order valence-corrected chi connectivity index (χ3v) is 5.22. The number of nitrogens with zero attached hydrogens (tertiary/aromatic N) is 2. The molecule has 1 aromatic heterocycles. The summed E-state index contributed by atoms with van der Waals surface area (Å²) < 4.78 is 6.59. The third kappa shape index (κ3) is 5.91. The minimum absolute atomic E-state index is 0.132. The number of hydrogen-bond acceptors (Lipinski definition) is 5. The highest BCUT2D eigenvalue weighted by molar-refractivity contribution is 9.10. The van der Waals surface area contributed by atoms with Crippen molar-refractivity contribution in [2.75, 3.05) is 11.9 Å². The first kappa shape index (κ1) is 20.1. The van der Waals surface area contributed by atoms with Crippen LogP contribution in [-0.2, 0) is 11.2 Å². The van der Waals surface area contributed by atoms with Crippen LogP contribution in [0.3, 0.4) is 0 Å². The second-order valence-electron chi connectivity index (χ2n) is 6.02. The van der Waals surface area contributed by atoms with Crippen LogP contribution < -0.4 is 10.1 Å². The zero-order valence-corrected chi connectivity index (χ0v) is 17.4. The fraction of sp³-hybridized carbons (Fsp3) is 0.190. The first-order valence-electron chi connectivity index (χ1n) is 8.74. The van der Waals surface area contributed by atoms with Crippen molar-refractivity contribution >= 4 is 38.9 Å². The lowest BCUT2D eigenvalue weighted by Gasteiger charge is -2.08. The van der Waals surface area contributed by atoms with Crippen LogP contribution >= 0.6 is 27.3 Å². The third-order valence-electron chi connectivity index (χ3n) is 3.78. The Hall–Kier alpha value is -2.69. The normalized spacial score (nSPS) is 10.3. The number of halogens is 1. The van der Waals surface area contributed by atoms with Crippen molar-refractivity contribution < 1.29 is 9.53 Å². The molecule has 2 aromatic carbocycles. The second-order valence-corrected chi connectivity index (χ2v) is 7.79. The highest BCUT2D eigenvalue weighted by atomic mass is 79.9. The highest BCUT2D eigenvalue weighted by Gasteiger charge is 2.10. The zero-order chi connectivity index (χ0) is 19.8. The predicted octanol–water partition coefficient (Wildman–Crippen LogP) is 5.44. The van der Waals surface area contributed by atoms with E-state index in [0.717, 1.165) is 20.7 Å². The maximum absolute atomic E-state index is 12.4. The summed E-state index contributed by atoms with van der Waals surface area (Å²) in [7, 11) is 0. The van der Waals surface area contributed by atoms with Gasteiger partial charge in [-0.1, -0.05) is 34.1 Å². The number of nitriles is 1. The molecule has 1 amide bonds. The maximum Gasteiger partial charge on any atom is 0.230 e.